The summed E-state index contributed by atoms with van der Waals surface area (Å²) >= 11 is 0. The van der Waals surface area contributed by atoms with Crippen molar-refractivity contribution < 1.29 is 14.1 Å². The highest BCUT2D eigenvalue weighted by Crippen LogP contribution is 2.09. The van der Waals surface area contributed by atoms with Crippen molar-refractivity contribution in [3.63, 3.8) is 0 Å². The number of benzene rings is 1. The van der Waals surface area contributed by atoms with Crippen LogP contribution in [0.15, 0.2) is 47.4 Å². The van der Waals surface area contributed by atoms with Crippen LogP contribution < -0.4 is 5.56 Å². The Hall–Kier alpha value is -2.83. The van der Waals surface area contributed by atoms with Crippen molar-refractivity contribution in [3.8, 4) is 0 Å². The molecule has 6 nitrogen and oxygen atoms in total. The van der Waals surface area contributed by atoms with E-state index in [1.54, 1.807) is 0 Å². The largest absolute Gasteiger partial charge is 0.301 e. The second-order valence-electron chi connectivity index (χ2n) is 4.04. The van der Waals surface area contributed by atoms with E-state index in [9.17, 15) is 24.1 Å². The van der Waals surface area contributed by atoms with Crippen molar-refractivity contribution in [1.82, 2.24) is 4.57 Å². The molecule has 2 rings (SSSR count). The van der Waals surface area contributed by atoms with Gasteiger partial charge in [0.2, 0.25) is 0 Å². The minimum absolute atomic E-state index is 0.100. The first kappa shape index (κ1) is 13.6. The third kappa shape index (κ3) is 2.94. The Morgan fingerprint density at radius 1 is 1.30 bits per heavy atom. The van der Waals surface area contributed by atoms with E-state index in [1.165, 1.54) is 18.2 Å². The molecule has 0 aliphatic carbocycles. The van der Waals surface area contributed by atoms with Crippen LogP contribution in [0.25, 0.3) is 0 Å². The molecule has 0 saturated heterocycles. The number of hydrogen-bond donors (Lipinski definition) is 0. The Kier molecular flexibility index (Phi) is 3.69. The molecule has 7 heteroatoms. The van der Waals surface area contributed by atoms with Gasteiger partial charge in [0, 0.05) is 17.7 Å². The van der Waals surface area contributed by atoms with Crippen LogP contribution in [0.3, 0.4) is 0 Å². The number of nitro groups is 1. The normalized spacial score (nSPS) is 10.2. The van der Waals surface area contributed by atoms with Gasteiger partial charge in [0.15, 0.2) is 5.78 Å². The van der Waals surface area contributed by atoms with E-state index in [2.05, 4.69) is 0 Å². The van der Waals surface area contributed by atoms with Crippen LogP contribution in [-0.2, 0) is 6.54 Å². The van der Waals surface area contributed by atoms with Gasteiger partial charge in [0.1, 0.15) is 5.82 Å². The molecule has 0 spiro atoms. The summed E-state index contributed by atoms with van der Waals surface area (Å²) in [4.78, 5) is 33.4. The summed E-state index contributed by atoms with van der Waals surface area (Å²) in [5.41, 5.74) is -0.736. The molecule has 0 bridgehead atoms. The fourth-order valence-electron chi connectivity index (χ4n) is 1.66. The molecule has 0 unspecified atom stereocenters. The minimum atomic E-state index is -0.664. The first-order chi connectivity index (χ1) is 9.47. The molecule has 0 fully saturated rings. The van der Waals surface area contributed by atoms with Crippen LogP contribution >= 0.6 is 0 Å². The lowest BCUT2D eigenvalue weighted by molar-refractivity contribution is -0.385. The average Bonchev–Trinajstić information content (AvgIpc) is 2.41. The Morgan fingerprint density at radius 2 is 2.05 bits per heavy atom. The highest BCUT2D eigenvalue weighted by molar-refractivity contribution is 5.95. The van der Waals surface area contributed by atoms with Crippen LogP contribution in [0, 0.1) is 15.9 Å². The first-order valence-electron chi connectivity index (χ1n) is 5.61. The Morgan fingerprint density at radius 3 is 2.70 bits per heavy atom. The standard InChI is InChI=1S/C13H9FN2O4/c14-10-3-1-2-9(6-10)12(17)8-15-7-11(16(19)20)4-5-13(15)18/h1-7H,8H2. The van der Waals surface area contributed by atoms with Crippen molar-refractivity contribution in [2.75, 3.05) is 0 Å². The summed E-state index contributed by atoms with van der Waals surface area (Å²) in [5.74, 6) is -1.07. The minimum Gasteiger partial charge on any atom is -0.301 e. The maximum absolute atomic E-state index is 13.0. The molecule has 102 valence electrons. The van der Waals surface area contributed by atoms with Crippen molar-refractivity contribution in [2.24, 2.45) is 0 Å². The van der Waals surface area contributed by atoms with Gasteiger partial charge in [-0.3, -0.25) is 19.7 Å². The number of hydrogen-bond acceptors (Lipinski definition) is 4. The van der Waals surface area contributed by atoms with Gasteiger partial charge in [-0.25, -0.2) is 4.39 Å². The summed E-state index contributed by atoms with van der Waals surface area (Å²) in [5, 5.41) is 10.6. The van der Waals surface area contributed by atoms with E-state index >= 15 is 0 Å². The third-order valence-electron chi connectivity index (χ3n) is 2.64. The average molecular weight is 276 g/mol. The van der Waals surface area contributed by atoms with Crippen molar-refractivity contribution in [3.05, 3.63) is 74.4 Å². The molecule has 0 saturated carbocycles. The SMILES string of the molecule is O=C(Cn1cc([N+](=O)[O-])ccc1=O)c1cccc(F)c1. The molecule has 0 amide bonds. The number of Topliss-reactive ketones (excluding diaryl/α,β-unsaturated/α-hetero) is 1. The topological polar surface area (TPSA) is 82.2 Å². The summed E-state index contributed by atoms with van der Waals surface area (Å²) in [6.45, 7) is -0.385. The Labute approximate surface area is 112 Å². The van der Waals surface area contributed by atoms with Gasteiger partial charge in [-0.05, 0) is 12.1 Å². The van der Waals surface area contributed by atoms with Crippen molar-refractivity contribution in [1.29, 1.82) is 0 Å². The number of carbonyl (C=O) groups is 1. The van der Waals surface area contributed by atoms with Crippen LogP contribution in [0.4, 0.5) is 10.1 Å². The predicted octanol–water partition coefficient (Wildman–Crippen LogP) is 1.78. The molecule has 20 heavy (non-hydrogen) atoms. The number of ketones is 1. The van der Waals surface area contributed by atoms with E-state index in [1.807, 2.05) is 0 Å². The van der Waals surface area contributed by atoms with Crippen molar-refractivity contribution in [2.45, 2.75) is 6.54 Å². The molecule has 0 aliphatic heterocycles. The summed E-state index contributed by atoms with van der Waals surface area (Å²) in [6, 6.07) is 7.09. The van der Waals surface area contributed by atoms with Crippen LogP contribution in [-0.4, -0.2) is 15.3 Å². The zero-order valence-corrected chi connectivity index (χ0v) is 10.2. The Balaban J connectivity index is 2.30. The second-order valence-corrected chi connectivity index (χ2v) is 4.04. The van der Waals surface area contributed by atoms with Crippen LogP contribution in [0.5, 0.6) is 0 Å². The summed E-state index contributed by atoms with van der Waals surface area (Å²) in [6.07, 6.45) is 0.986. The molecule has 0 aliphatic rings. The van der Waals surface area contributed by atoms with Gasteiger partial charge in [-0.15, -0.1) is 0 Å². The quantitative estimate of drug-likeness (QED) is 0.484. The molecule has 0 N–H and O–H groups in total. The second kappa shape index (κ2) is 5.43. The molecular formula is C13H9FN2O4. The predicted molar refractivity (Wildman–Crippen MR) is 68.1 cm³/mol. The molecular weight excluding hydrogens is 267 g/mol. The summed E-state index contributed by atoms with van der Waals surface area (Å²) < 4.78 is 13.9. The zero-order valence-electron chi connectivity index (χ0n) is 10.2. The molecule has 2 aromatic rings. The van der Waals surface area contributed by atoms with E-state index in [4.69, 9.17) is 0 Å². The van der Waals surface area contributed by atoms with Crippen molar-refractivity contribution >= 4 is 11.5 Å². The fraction of sp³-hybridized carbons (Fsp3) is 0.0769. The van der Waals surface area contributed by atoms with Crippen LogP contribution in [0.1, 0.15) is 10.4 Å². The molecule has 1 aromatic heterocycles. The number of rotatable bonds is 4. The van der Waals surface area contributed by atoms with E-state index in [-0.39, 0.29) is 17.8 Å². The molecule has 1 heterocycles. The zero-order chi connectivity index (χ0) is 14.7. The van der Waals surface area contributed by atoms with Crippen LogP contribution in [0.2, 0.25) is 0 Å². The lowest BCUT2D eigenvalue weighted by Gasteiger charge is -2.04. The number of pyridine rings is 1. The van der Waals surface area contributed by atoms with Gasteiger partial charge in [-0.1, -0.05) is 12.1 Å². The monoisotopic (exact) mass is 276 g/mol. The van der Waals surface area contributed by atoms with Gasteiger partial charge >= 0.3 is 0 Å². The Bertz CT molecular complexity index is 739. The van der Waals surface area contributed by atoms with E-state index in [0.717, 1.165) is 29.0 Å². The van der Waals surface area contributed by atoms with E-state index in [0.29, 0.717) is 0 Å². The van der Waals surface area contributed by atoms with Gasteiger partial charge in [0.25, 0.3) is 11.2 Å². The molecule has 1 aromatic carbocycles. The number of nitrogens with zero attached hydrogens (tertiary/aromatic N) is 2. The lowest BCUT2D eigenvalue weighted by atomic mass is 10.1. The van der Waals surface area contributed by atoms with Gasteiger partial charge < -0.3 is 4.57 Å². The number of halogens is 1. The highest BCUT2D eigenvalue weighted by Gasteiger charge is 2.12. The smallest absolute Gasteiger partial charge is 0.285 e. The molecule has 0 atom stereocenters. The van der Waals surface area contributed by atoms with Gasteiger partial charge in [0.05, 0.1) is 17.7 Å². The third-order valence-corrected chi connectivity index (χ3v) is 2.64. The highest BCUT2D eigenvalue weighted by atomic mass is 19.1. The fourth-order valence-corrected chi connectivity index (χ4v) is 1.66. The summed E-state index contributed by atoms with van der Waals surface area (Å²) in [7, 11) is 0. The first-order valence-corrected chi connectivity index (χ1v) is 5.61. The lowest BCUT2D eigenvalue weighted by Crippen LogP contribution is -2.23. The molecule has 0 radical (unpaired) electrons. The number of aromatic nitrogens is 1. The van der Waals surface area contributed by atoms with E-state index < -0.39 is 22.1 Å². The van der Waals surface area contributed by atoms with Gasteiger partial charge in [-0.2, -0.15) is 0 Å². The maximum atomic E-state index is 13.0. The maximum Gasteiger partial charge on any atom is 0.285 e. The number of carbonyl (C=O) groups excluding carboxylic acids is 1.